The number of hydrogen-bond donors (Lipinski definition) is 1. The Labute approximate surface area is 186 Å². The lowest BCUT2D eigenvalue weighted by Gasteiger charge is -2.08. The molecule has 0 saturated carbocycles. The second-order valence-electron chi connectivity index (χ2n) is 7.19. The zero-order chi connectivity index (χ0) is 22.8. The molecule has 0 fully saturated rings. The Balaban J connectivity index is 1.64. The van der Waals surface area contributed by atoms with Gasteiger partial charge in [-0.3, -0.25) is 18.7 Å². The van der Waals surface area contributed by atoms with Crippen molar-refractivity contribution in [2.75, 3.05) is 0 Å². The van der Waals surface area contributed by atoms with Crippen molar-refractivity contribution in [1.29, 1.82) is 0 Å². The van der Waals surface area contributed by atoms with E-state index in [1.165, 1.54) is 22.8 Å². The summed E-state index contributed by atoms with van der Waals surface area (Å²) in [7, 11) is 1.55. The van der Waals surface area contributed by atoms with Crippen LogP contribution in [0.4, 0.5) is 0 Å². The van der Waals surface area contributed by atoms with Gasteiger partial charge < -0.3 is 10.5 Å². The second kappa shape index (κ2) is 8.64. The van der Waals surface area contributed by atoms with Gasteiger partial charge in [0.25, 0.3) is 5.56 Å². The smallest absolute Gasteiger partial charge is 0.348 e. The van der Waals surface area contributed by atoms with E-state index < -0.39 is 23.1 Å². The van der Waals surface area contributed by atoms with E-state index >= 15 is 0 Å². The normalized spacial score (nSPS) is 10.9. The lowest BCUT2D eigenvalue weighted by molar-refractivity contribution is 0.0478. The number of esters is 1. The molecule has 0 saturated heterocycles. The van der Waals surface area contributed by atoms with Crippen molar-refractivity contribution >= 4 is 33.4 Å². The maximum absolute atomic E-state index is 13.0. The highest BCUT2D eigenvalue weighted by molar-refractivity contribution is 7.20. The third-order valence-corrected chi connectivity index (χ3v) is 6.20. The van der Waals surface area contributed by atoms with Gasteiger partial charge in [0, 0.05) is 12.6 Å². The molecular weight excluding hydrogens is 430 g/mol. The molecule has 0 spiro atoms. The number of aryl methyl sites for hydroxylation is 1. The zero-order valence-electron chi connectivity index (χ0n) is 17.1. The summed E-state index contributed by atoms with van der Waals surface area (Å²) in [6.45, 7) is 0.127. The molecule has 0 unspecified atom stereocenters. The van der Waals surface area contributed by atoms with Crippen molar-refractivity contribution in [2.24, 2.45) is 12.8 Å². The molecule has 2 aromatic carbocycles. The van der Waals surface area contributed by atoms with Gasteiger partial charge in [0.1, 0.15) is 16.3 Å². The summed E-state index contributed by atoms with van der Waals surface area (Å²) in [5.74, 6) is -1.12. The van der Waals surface area contributed by atoms with Crippen LogP contribution in [0.3, 0.4) is 0 Å². The van der Waals surface area contributed by atoms with Gasteiger partial charge in [0.2, 0.25) is 5.91 Å². The summed E-state index contributed by atoms with van der Waals surface area (Å²) in [5, 5.41) is 0.262. The van der Waals surface area contributed by atoms with E-state index in [0.717, 1.165) is 21.5 Å². The Morgan fingerprint density at radius 1 is 1.00 bits per heavy atom. The number of benzene rings is 2. The van der Waals surface area contributed by atoms with E-state index in [4.69, 9.17) is 10.5 Å². The molecule has 162 valence electrons. The number of aromatic nitrogens is 2. The first kappa shape index (κ1) is 21.3. The largest absolute Gasteiger partial charge is 0.457 e. The van der Waals surface area contributed by atoms with Crippen molar-refractivity contribution in [3.63, 3.8) is 0 Å². The maximum Gasteiger partial charge on any atom is 0.348 e. The van der Waals surface area contributed by atoms with Crippen LogP contribution in [-0.2, 0) is 24.9 Å². The fraction of sp³-hybridized carbons (Fsp3) is 0.130. The zero-order valence-corrected chi connectivity index (χ0v) is 17.9. The van der Waals surface area contributed by atoms with Gasteiger partial charge in [-0.25, -0.2) is 9.59 Å². The predicted molar refractivity (Wildman–Crippen MR) is 121 cm³/mol. The summed E-state index contributed by atoms with van der Waals surface area (Å²) in [5.41, 5.74) is 6.08. The molecular formula is C23H19N3O5S. The van der Waals surface area contributed by atoms with Crippen LogP contribution in [0.25, 0.3) is 10.2 Å². The number of hydrogen-bond acceptors (Lipinski definition) is 6. The minimum Gasteiger partial charge on any atom is -0.457 e. The molecule has 0 radical (unpaired) electrons. The molecule has 8 nitrogen and oxygen atoms in total. The van der Waals surface area contributed by atoms with Crippen LogP contribution in [0.1, 0.15) is 31.2 Å². The van der Waals surface area contributed by atoms with Crippen molar-refractivity contribution < 1.29 is 14.3 Å². The number of carbonyl (C=O) groups is 2. The average Bonchev–Trinajstić information content (AvgIpc) is 3.26. The van der Waals surface area contributed by atoms with Gasteiger partial charge in [0.15, 0.2) is 0 Å². The number of fused-ring (bicyclic) bond motifs is 1. The lowest BCUT2D eigenvalue weighted by atomic mass is 10.1. The number of nitrogens with zero attached hydrogens (tertiary/aromatic N) is 2. The SMILES string of the molecule is Cn1c(=O)n(Cc2ccc(C(N)=O)cc2)c(=O)c2cc(C(=O)OCc3ccccc3)sc21. The van der Waals surface area contributed by atoms with E-state index in [0.29, 0.717) is 16.0 Å². The van der Waals surface area contributed by atoms with Crippen molar-refractivity contribution in [2.45, 2.75) is 13.2 Å². The molecule has 9 heteroatoms. The van der Waals surface area contributed by atoms with E-state index in [1.807, 2.05) is 30.3 Å². The number of rotatable bonds is 6. The summed E-state index contributed by atoms with van der Waals surface area (Å²) in [4.78, 5) is 50.2. The quantitative estimate of drug-likeness (QED) is 0.454. The molecule has 2 aromatic heterocycles. The van der Waals surface area contributed by atoms with Crippen molar-refractivity contribution in [3.8, 4) is 0 Å². The Morgan fingerprint density at radius 3 is 2.34 bits per heavy atom. The summed E-state index contributed by atoms with van der Waals surface area (Å²) in [6.07, 6.45) is 0. The van der Waals surface area contributed by atoms with Gasteiger partial charge in [-0.1, -0.05) is 42.5 Å². The molecule has 4 aromatic rings. The Kier molecular flexibility index (Phi) is 5.74. The monoisotopic (exact) mass is 449 g/mol. The van der Waals surface area contributed by atoms with Crippen molar-refractivity contribution in [3.05, 3.63) is 103 Å². The molecule has 4 rings (SSSR count). The third kappa shape index (κ3) is 4.10. The number of ether oxygens (including phenoxy) is 1. The molecule has 0 atom stereocenters. The minimum atomic E-state index is -0.560. The summed E-state index contributed by atoms with van der Waals surface area (Å²) < 4.78 is 7.78. The van der Waals surface area contributed by atoms with Crippen LogP contribution in [0, 0.1) is 0 Å². The third-order valence-electron chi connectivity index (χ3n) is 5.00. The van der Waals surface area contributed by atoms with Crippen LogP contribution in [0.15, 0.2) is 70.3 Å². The highest BCUT2D eigenvalue weighted by atomic mass is 32.1. The molecule has 0 aliphatic rings. The average molecular weight is 449 g/mol. The van der Waals surface area contributed by atoms with Gasteiger partial charge in [-0.05, 0) is 29.3 Å². The Bertz CT molecular complexity index is 1430. The van der Waals surface area contributed by atoms with Gasteiger partial charge in [-0.15, -0.1) is 11.3 Å². The Hall–Kier alpha value is -3.98. The van der Waals surface area contributed by atoms with E-state index in [9.17, 15) is 19.2 Å². The van der Waals surface area contributed by atoms with E-state index in [-0.39, 0.29) is 23.4 Å². The minimum absolute atomic E-state index is 0.0180. The molecule has 2 heterocycles. The first-order chi connectivity index (χ1) is 15.3. The van der Waals surface area contributed by atoms with Crippen LogP contribution in [-0.4, -0.2) is 21.0 Å². The number of nitrogens with two attached hydrogens (primary N) is 1. The lowest BCUT2D eigenvalue weighted by Crippen LogP contribution is -2.38. The highest BCUT2D eigenvalue weighted by Gasteiger charge is 2.19. The predicted octanol–water partition coefficient (Wildman–Crippen LogP) is 2.27. The van der Waals surface area contributed by atoms with Crippen LogP contribution < -0.4 is 17.0 Å². The molecule has 2 N–H and O–H groups in total. The van der Waals surface area contributed by atoms with Crippen molar-refractivity contribution in [1.82, 2.24) is 9.13 Å². The van der Waals surface area contributed by atoms with E-state index in [1.54, 1.807) is 19.2 Å². The van der Waals surface area contributed by atoms with Crippen LogP contribution in [0.2, 0.25) is 0 Å². The first-order valence-electron chi connectivity index (χ1n) is 9.68. The molecule has 0 bridgehead atoms. The number of primary amides is 1. The van der Waals surface area contributed by atoms with Crippen LogP contribution in [0.5, 0.6) is 0 Å². The molecule has 0 aliphatic heterocycles. The fourth-order valence-electron chi connectivity index (χ4n) is 3.28. The topological polar surface area (TPSA) is 113 Å². The number of thiophene rings is 1. The maximum atomic E-state index is 13.0. The standard InChI is InChI=1S/C23H19N3O5S/c1-25-21-17(11-18(32-21)22(29)31-13-15-5-3-2-4-6-15)20(28)26(23(25)30)12-14-7-9-16(10-8-14)19(24)27/h2-11H,12-13H2,1H3,(H2,24,27). The molecule has 1 amide bonds. The molecule has 0 aliphatic carbocycles. The summed E-state index contributed by atoms with van der Waals surface area (Å²) in [6, 6.07) is 17.1. The Morgan fingerprint density at radius 2 is 1.69 bits per heavy atom. The fourth-order valence-corrected chi connectivity index (χ4v) is 4.27. The van der Waals surface area contributed by atoms with Crippen LogP contribution >= 0.6 is 11.3 Å². The van der Waals surface area contributed by atoms with Gasteiger partial charge in [0.05, 0.1) is 11.9 Å². The number of carbonyl (C=O) groups excluding carboxylic acids is 2. The first-order valence-corrected chi connectivity index (χ1v) is 10.5. The van der Waals surface area contributed by atoms with E-state index in [2.05, 4.69) is 0 Å². The van der Waals surface area contributed by atoms with Gasteiger partial charge in [-0.2, -0.15) is 0 Å². The number of amides is 1. The highest BCUT2D eigenvalue weighted by Crippen LogP contribution is 2.23. The van der Waals surface area contributed by atoms with Gasteiger partial charge >= 0.3 is 11.7 Å². The molecule has 32 heavy (non-hydrogen) atoms. The summed E-state index contributed by atoms with van der Waals surface area (Å²) >= 11 is 1.04. The second-order valence-corrected chi connectivity index (χ2v) is 8.22.